The van der Waals surface area contributed by atoms with Crippen molar-refractivity contribution in [2.24, 2.45) is 0 Å². The molecular weight excluding hydrogens is 346 g/mol. The fraction of sp³-hybridized carbons (Fsp3) is 0.188. The molecule has 8 nitrogen and oxygen atoms in total. The van der Waals surface area contributed by atoms with Crippen LogP contribution in [0, 0.1) is 6.92 Å². The van der Waals surface area contributed by atoms with Crippen LogP contribution >= 0.6 is 11.3 Å². The van der Waals surface area contributed by atoms with Gasteiger partial charge in [-0.15, -0.1) is 0 Å². The van der Waals surface area contributed by atoms with Crippen molar-refractivity contribution in [3.63, 3.8) is 0 Å². The molecule has 0 aliphatic rings. The second-order valence-corrected chi connectivity index (χ2v) is 6.13. The van der Waals surface area contributed by atoms with E-state index in [1.54, 1.807) is 24.3 Å². The van der Waals surface area contributed by atoms with Crippen molar-refractivity contribution in [3.05, 3.63) is 54.7 Å². The summed E-state index contributed by atoms with van der Waals surface area (Å²) >= 11 is 1.07. The third kappa shape index (κ3) is 3.26. The lowest BCUT2D eigenvalue weighted by Gasteiger charge is -2.08. The van der Waals surface area contributed by atoms with E-state index in [0.717, 1.165) is 15.9 Å². The van der Waals surface area contributed by atoms with Crippen LogP contribution in [0.25, 0.3) is 11.0 Å². The van der Waals surface area contributed by atoms with Gasteiger partial charge < -0.3 is 9.47 Å². The van der Waals surface area contributed by atoms with Crippen molar-refractivity contribution < 1.29 is 14.3 Å². The first kappa shape index (κ1) is 16.8. The zero-order valence-corrected chi connectivity index (χ0v) is 14.4. The van der Waals surface area contributed by atoms with E-state index in [2.05, 4.69) is 10.1 Å². The van der Waals surface area contributed by atoms with E-state index < -0.39 is 11.5 Å². The Labute approximate surface area is 145 Å². The minimum atomic E-state index is -0.460. The molecule has 0 radical (unpaired) electrons. The maximum atomic E-state index is 12.4. The Balaban J connectivity index is 2.13. The third-order valence-corrected chi connectivity index (χ3v) is 4.24. The van der Waals surface area contributed by atoms with Crippen LogP contribution in [0.5, 0.6) is 11.5 Å². The third-order valence-electron chi connectivity index (χ3n) is 3.28. The van der Waals surface area contributed by atoms with E-state index in [4.69, 9.17) is 9.47 Å². The molecule has 0 N–H and O–H groups in total. The number of aryl methyl sites for hydroxylation is 1. The summed E-state index contributed by atoms with van der Waals surface area (Å²) < 4.78 is 11.7. The van der Waals surface area contributed by atoms with Crippen LogP contribution in [0.4, 0.5) is 0 Å². The van der Waals surface area contributed by atoms with Crippen LogP contribution < -0.4 is 25.1 Å². The van der Waals surface area contributed by atoms with E-state index in [0.29, 0.717) is 15.8 Å². The molecule has 0 amide bonds. The number of hydrogen-bond donors (Lipinski definition) is 0. The van der Waals surface area contributed by atoms with Crippen molar-refractivity contribution in [1.82, 2.24) is 14.6 Å². The molecule has 25 heavy (non-hydrogen) atoms. The second kappa shape index (κ2) is 6.44. The molecule has 2 heterocycles. The van der Waals surface area contributed by atoms with Crippen LogP contribution in [0.3, 0.4) is 0 Å². The molecule has 0 saturated heterocycles. The highest BCUT2D eigenvalue weighted by Crippen LogP contribution is 2.28. The van der Waals surface area contributed by atoms with Gasteiger partial charge in [0.15, 0.2) is 11.5 Å². The number of thiazole rings is 1. The van der Waals surface area contributed by atoms with Crippen molar-refractivity contribution in [2.75, 3.05) is 7.11 Å². The van der Waals surface area contributed by atoms with Crippen molar-refractivity contribution >= 4 is 28.3 Å². The summed E-state index contributed by atoms with van der Waals surface area (Å²) in [5.74, 6) is 0.188. The summed E-state index contributed by atoms with van der Waals surface area (Å²) in [6.07, 6.45) is 1.63. The second-order valence-electron chi connectivity index (χ2n) is 5.12. The quantitative estimate of drug-likeness (QED) is 0.490. The number of hydrogen-bond acceptors (Lipinski definition) is 8. The molecule has 1 aromatic carbocycles. The molecule has 3 aromatic rings. The Morgan fingerprint density at radius 2 is 2.04 bits per heavy atom. The number of aromatic nitrogens is 3. The molecule has 0 aliphatic carbocycles. The van der Waals surface area contributed by atoms with E-state index >= 15 is 0 Å². The fourth-order valence-corrected chi connectivity index (χ4v) is 3.06. The molecule has 0 saturated carbocycles. The standard InChI is InChI=1S/C16H13N3O5S/c1-8-14(21)17-16-19(18-8)15(22)13(25-16)7-10-4-5-11(24-9(2)20)12(6-10)23-3/h4-7H,1-3H3/b13-7+. The first-order valence-corrected chi connectivity index (χ1v) is 7.99. The summed E-state index contributed by atoms with van der Waals surface area (Å²) in [6.45, 7) is 2.80. The van der Waals surface area contributed by atoms with Crippen LogP contribution in [0.15, 0.2) is 27.8 Å². The fourth-order valence-electron chi connectivity index (χ4n) is 2.15. The Kier molecular flexibility index (Phi) is 4.32. The zero-order chi connectivity index (χ0) is 18.1. The number of carbonyl (C=O) groups excluding carboxylic acids is 1. The van der Waals surface area contributed by atoms with Gasteiger partial charge in [0.25, 0.3) is 11.1 Å². The molecule has 0 unspecified atom stereocenters. The number of methoxy groups -OCH3 is 1. The number of rotatable bonds is 3. The highest BCUT2D eigenvalue weighted by atomic mass is 32.1. The first-order valence-electron chi connectivity index (χ1n) is 7.17. The van der Waals surface area contributed by atoms with E-state index in [9.17, 15) is 14.4 Å². The molecule has 0 spiro atoms. The van der Waals surface area contributed by atoms with Crippen LogP contribution in [-0.4, -0.2) is 27.7 Å². The van der Waals surface area contributed by atoms with E-state index in [1.165, 1.54) is 21.0 Å². The smallest absolute Gasteiger partial charge is 0.308 e. The van der Waals surface area contributed by atoms with Gasteiger partial charge >= 0.3 is 5.97 Å². The van der Waals surface area contributed by atoms with Crippen molar-refractivity contribution in [3.8, 4) is 11.5 Å². The average molecular weight is 359 g/mol. The number of benzene rings is 1. The van der Waals surface area contributed by atoms with Gasteiger partial charge in [-0.2, -0.15) is 14.6 Å². The number of ether oxygens (including phenoxy) is 2. The van der Waals surface area contributed by atoms with Crippen LogP contribution in [0.2, 0.25) is 0 Å². The van der Waals surface area contributed by atoms with Gasteiger partial charge in [-0.05, 0) is 30.7 Å². The van der Waals surface area contributed by atoms with Gasteiger partial charge in [0.1, 0.15) is 5.69 Å². The Hall–Kier alpha value is -3.07. The normalized spacial score (nSPS) is 11.7. The van der Waals surface area contributed by atoms with Crippen LogP contribution in [0.1, 0.15) is 18.2 Å². The molecular formula is C16H13N3O5S. The Morgan fingerprint density at radius 3 is 2.72 bits per heavy atom. The lowest BCUT2D eigenvalue weighted by atomic mass is 10.2. The van der Waals surface area contributed by atoms with E-state index in [-0.39, 0.29) is 22.0 Å². The molecule has 0 aliphatic heterocycles. The highest BCUT2D eigenvalue weighted by Gasteiger charge is 2.10. The average Bonchev–Trinajstić information content (AvgIpc) is 2.84. The predicted octanol–water partition coefficient (Wildman–Crippen LogP) is 0.301. The molecule has 0 atom stereocenters. The zero-order valence-electron chi connectivity index (χ0n) is 13.6. The lowest BCUT2D eigenvalue weighted by Crippen LogP contribution is -2.27. The van der Waals surface area contributed by atoms with Crippen molar-refractivity contribution in [2.45, 2.75) is 13.8 Å². The molecule has 0 fully saturated rings. The van der Waals surface area contributed by atoms with Gasteiger partial charge in [-0.25, -0.2) is 0 Å². The minimum Gasteiger partial charge on any atom is -0.493 e. The van der Waals surface area contributed by atoms with Crippen LogP contribution in [-0.2, 0) is 4.79 Å². The first-order chi connectivity index (χ1) is 11.9. The summed E-state index contributed by atoms with van der Waals surface area (Å²) in [4.78, 5) is 39.1. The largest absolute Gasteiger partial charge is 0.493 e. The number of fused-ring (bicyclic) bond motifs is 1. The number of esters is 1. The molecule has 9 heteroatoms. The number of carbonyl (C=O) groups is 1. The van der Waals surface area contributed by atoms with E-state index in [1.807, 2.05) is 0 Å². The van der Waals surface area contributed by atoms with Gasteiger partial charge in [0.05, 0.1) is 11.6 Å². The maximum Gasteiger partial charge on any atom is 0.308 e. The summed E-state index contributed by atoms with van der Waals surface area (Å²) in [6, 6.07) is 4.89. The minimum absolute atomic E-state index is 0.159. The van der Waals surface area contributed by atoms with Gasteiger partial charge in [0.2, 0.25) is 4.96 Å². The predicted molar refractivity (Wildman–Crippen MR) is 91.2 cm³/mol. The molecule has 3 rings (SSSR count). The van der Waals surface area contributed by atoms with Gasteiger partial charge in [-0.1, -0.05) is 17.4 Å². The Morgan fingerprint density at radius 1 is 1.28 bits per heavy atom. The summed E-state index contributed by atoms with van der Waals surface area (Å²) in [7, 11) is 1.45. The topological polar surface area (TPSA) is 99.9 Å². The molecule has 2 aromatic heterocycles. The lowest BCUT2D eigenvalue weighted by molar-refractivity contribution is -0.132. The summed E-state index contributed by atoms with van der Waals surface area (Å²) in [5, 5.41) is 3.95. The summed E-state index contributed by atoms with van der Waals surface area (Å²) in [5.41, 5.74) is 0.00117. The van der Waals surface area contributed by atoms with Gasteiger partial charge in [-0.3, -0.25) is 14.4 Å². The van der Waals surface area contributed by atoms with Crippen molar-refractivity contribution in [1.29, 1.82) is 0 Å². The molecule has 0 bridgehead atoms. The Bertz CT molecular complexity index is 1150. The SMILES string of the molecule is COc1cc(/C=c2/sc3nc(=O)c(C)nn3c2=O)ccc1OC(C)=O. The molecule has 128 valence electrons. The monoisotopic (exact) mass is 359 g/mol. The highest BCUT2D eigenvalue weighted by molar-refractivity contribution is 7.15. The maximum absolute atomic E-state index is 12.4. The van der Waals surface area contributed by atoms with Gasteiger partial charge in [0, 0.05) is 6.92 Å². The number of nitrogens with zero attached hydrogens (tertiary/aromatic N) is 3.